The molecule has 2 aliphatic heterocycles. The lowest BCUT2D eigenvalue weighted by atomic mass is 9.99. The molecule has 8 heteroatoms. The van der Waals surface area contributed by atoms with Crippen molar-refractivity contribution in [3.8, 4) is 11.5 Å². The molecule has 3 rings (SSSR count). The number of piperidine rings is 1. The smallest absolute Gasteiger partial charge is 0.409 e. The van der Waals surface area contributed by atoms with Crippen LogP contribution < -0.4 is 14.8 Å². The zero-order valence-electron chi connectivity index (χ0n) is 16.8. The van der Waals surface area contributed by atoms with Gasteiger partial charge in [-0.1, -0.05) is 0 Å². The molecule has 0 aliphatic carbocycles. The monoisotopic (exact) mass is 391 g/mol. The molecule has 0 unspecified atom stereocenters. The van der Waals surface area contributed by atoms with Crippen LogP contribution in [0.4, 0.5) is 9.59 Å². The standard InChI is InChI=1S/C20H29N3O5/c1-4-28-20(25)22-9-6-16(7-10-22)21-19(24)23-8-5-14-11-17(26-2)18(27-3)12-15(14)13-23/h11-12,16H,4-10,13H2,1-3H3,(H,21,24). The minimum Gasteiger partial charge on any atom is -0.493 e. The summed E-state index contributed by atoms with van der Waals surface area (Å²) in [5.41, 5.74) is 2.26. The SMILES string of the molecule is CCOC(=O)N1CCC(NC(=O)N2CCc3cc(OC)c(OC)cc3C2)CC1. The molecule has 0 saturated carbocycles. The number of methoxy groups -OCH3 is 2. The minimum absolute atomic E-state index is 0.0602. The number of rotatable bonds is 4. The van der Waals surface area contributed by atoms with Crippen molar-refractivity contribution in [3.63, 3.8) is 0 Å². The maximum Gasteiger partial charge on any atom is 0.409 e. The lowest BCUT2D eigenvalue weighted by molar-refractivity contribution is 0.0950. The first-order chi connectivity index (χ1) is 13.5. The van der Waals surface area contributed by atoms with Gasteiger partial charge in [0.15, 0.2) is 11.5 Å². The molecule has 1 aromatic carbocycles. The Labute approximate surface area is 165 Å². The maximum absolute atomic E-state index is 12.7. The molecule has 1 saturated heterocycles. The Balaban J connectivity index is 1.55. The van der Waals surface area contributed by atoms with Crippen LogP contribution in [-0.4, -0.2) is 68.4 Å². The molecule has 2 aliphatic rings. The van der Waals surface area contributed by atoms with Crippen molar-refractivity contribution in [2.24, 2.45) is 0 Å². The summed E-state index contributed by atoms with van der Waals surface area (Å²) >= 11 is 0. The van der Waals surface area contributed by atoms with Crippen molar-refractivity contribution < 1.29 is 23.8 Å². The van der Waals surface area contributed by atoms with Crippen molar-refractivity contribution in [2.75, 3.05) is 40.5 Å². The van der Waals surface area contributed by atoms with E-state index in [9.17, 15) is 9.59 Å². The van der Waals surface area contributed by atoms with Crippen LogP contribution >= 0.6 is 0 Å². The summed E-state index contributed by atoms with van der Waals surface area (Å²) in [5.74, 6) is 1.39. The first-order valence-corrected chi connectivity index (χ1v) is 9.76. The van der Waals surface area contributed by atoms with Gasteiger partial charge in [0.05, 0.1) is 20.8 Å². The van der Waals surface area contributed by atoms with Crippen molar-refractivity contribution in [1.29, 1.82) is 0 Å². The number of likely N-dealkylation sites (tertiary alicyclic amines) is 1. The van der Waals surface area contributed by atoms with E-state index in [-0.39, 0.29) is 18.2 Å². The molecule has 8 nitrogen and oxygen atoms in total. The Kier molecular flexibility index (Phi) is 6.49. The first-order valence-electron chi connectivity index (χ1n) is 9.76. The minimum atomic E-state index is -0.274. The van der Waals surface area contributed by atoms with Gasteiger partial charge in [-0.15, -0.1) is 0 Å². The number of hydrogen-bond donors (Lipinski definition) is 1. The van der Waals surface area contributed by atoms with Gasteiger partial charge in [-0.25, -0.2) is 9.59 Å². The highest BCUT2D eigenvalue weighted by molar-refractivity contribution is 5.75. The number of benzene rings is 1. The Morgan fingerprint density at radius 3 is 2.29 bits per heavy atom. The number of fused-ring (bicyclic) bond motifs is 1. The third-order valence-electron chi connectivity index (χ3n) is 5.35. The third kappa shape index (κ3) is 4.43. The fraction of sp³-hybridized carbons (Fsp3) is 0.600. The van der Waals surface area contributed by atoms with Crippen molar-refractivity contribution in [1.82, 2.24) is 15.1 Å². The molecule has 0 atom stereocenters. The van der Waals surface area contributed by atoms with E-state index in [2.05, 4.69) is 5.32 Å². The van der Waals surface area contributed by atoms with Crippen LogP contribution in [0, 0.1) is 0 Å². The number of hydrogen-bond acceptors (Lipinski definition) is 5. The molecular formula is C20H29N3O5. The van der Waals surface area contributed by atoms with E-state index in [0.29, 0.717) is 44.3 Å². The summed E-state index contributed by atoms with van der Waals surface area (Å²) in [6, 6.07) is 3.96. The summed E-state index contributed by atoms with van der Waals surface area (Å²) in [6.45, 7) is 4.59. The van der Waals surface area contributed by atoms with Gasteiger partial charge in [-0.05, 0) is 49.4 Å². The molecule has 0 aromatic heterocycles. The number of carbonyl (C=O) groups is 2. The number of ether oxygens (including phenoxy) is 3. The lowest BCUT2D eigenvalue weighted by Gasteiger charge is -2.34. The molecule has 154 valence electrons. The molecular weight excluding hydrogens is 362 g/mol. The lowest BCUT2D eigenvalue weighted by Crippen LogP contribution is -2.51. The second kappa shape index (κ2) is 9.03. The molecule has 0 radical (unpaired) electrons. The second-order valence-electron chi connectivity index (χ2n) is 7.06. The molecule has 1 aromatic rings. The molecule has 2 heterocycles. The predicted molar refractivity (Wildman–Crippen MR) is 104 cm³/mol. The predicted octanol–water partition coefficient (Wildman–Crippen LogP) is 2.39. The summed E-state index contributed by atoms with van der Waals surface area (Å²) in [5, 5.41) is 3.11. The average Bonchev–Trinajstić information content (AvgIpc) is 2.72. The number of carbonyl (C=O) groups excluding carboxylic acids is 2. The Morgan fingerprint density at radius 2 is 1.68 bits per heavy atom. The van der Waals surface area contributed by atoms with E-state index in [0.717, 1.165) is 24.8 Å². The fourth-order valence-corrected chi connectivity index (χ4v) is 3.74. The van der Waals surface area contributed by atoms with E-state index < -0.39 is 0 Å². The van der Waals surface area contributed by atoms with Gasteiger partial charge >= 0.3 is 12.1 Å². The van der Waals surface area contributed by atoms with Crippen LogP contribution in [0.1, 0.15) is 30.9 Å². The number of nitrogens with one attached hydrogen (secondary N) is 1. The molecule has 1 fully saturated rings. The zero-order chi connectivity index (χ0) is 20.1. The van der Waals surface area contributed by atoms with Gasteiger partial charge in [0.1, 0.15) is 0 Å². The molecule has 1 N–H and O–H groups in total. The van der Waals surface area contributed by atoms with Crippen LogP contribution in [0.3, 0.4) is 0 Å². The van der Waals surface area contributed by atoms with Crippen LogP contribution in [0.5, 0.6) is 11.5 Å². The summed E-state index contributed by atoms with van der Waals surface area (Å²) in [7, 11) is 3.24. The van der Waals surface area contributed by atoms with Gasteiger partial charge in [-0.2, -0.15) is 0 Å². The Hall–Kier alpha value is -2.64. The number of nitrogens with zero attached hydrogens (tertiary/aromatic N) is 2. The average molecular weight is 391 g/mol. The van der Waals surface area contributed by atoms with Gasteiger partial charge in [-0.3, -0.25) is 0 Å². The Bertz CT molecular complexity index is 716. The summed E-state index contributed by atoms with van der Waals surface area (Å²) < 4.78 is 15.8. The molecule has 28 heavy (non-hydrogen) atoms. The second-order valence-corrected chi connectivity index (χ2v) is 7.06. The maximum atomic E-state index is 12.7. The largest absolute Gasteiger partial charge is 0.493 e. The van der Waals surface area contributed by atoms with Crippen molar-refractivity contribution >= 4 is 12.1 Å². The quantitative estimate of drug-likeness (QED) is 0.852. The molecule has 0 spiro atoms. The van der Waals surface area contributed by atoms with Crippen LogP contribution in [0.15, 0.2) is 12.1 Å². The molecule has 3 amide bonds. The highest BCUT2D eigenvalue weighted by atomic mass is 16.6. The van der Waals surface area contributed by atoms with E-state index >= 15 is 0 Å². The Morgan fingerprint density at radius 1 is 1.04 bits per heavy atom. The first kappa shape index (κ1) is 20.1. The van der Waals surface area contributed by atoms with Crippen molar-refractivity contribution in [3.05, 3.63) is 23.3 Å². The van der Waals surface area contributed by atoms with Crippen LogP contribution in [0.25, 0.3) is 0 Å². The third-order valence-corrected chi connectivity index (χ3v) is 5.35. The summed E-state index contributed by atoms with van der Waals surface area (Å²) in [4.78, 5) is 28.0. The number of urea groups is 1. The zero-order valence-corrected chi connectivity index (χ0v) is 16.8. The van der Waals surface area contributed by atoms with E-state index in [1.807, 2.05) is 17.0 Å². The molecule has 0 bridgehead atoms. The van der Waals surface area contributed by atoms with Crippen LogP contribution in [0.2, 0.25) is 0 Å². The van der Waals surface area contributed by atoms with Gasteiger partial charge in [0, 0.05) is 32.2 Å². The van der Waals surface area contributed by atoms with Crippen molar-refractivity contribution in [2.45, 2.75) is 38.8 Å². The highest BCUT2D eigenvalue weighted by Gasteiger charge is 2.28. The van der Waals surface area contributed by atoms with Crippen LogP contribution in [-0.2, 0) is 17.7 Å². The van der Waals surface area contributed by atoms with Gasteiger partial charge in [0.2, 0.25) is 0 Å². The van der Waals surface area contributed by atoms with Gasteiger partial charge < -0.3 is 29.3 Å². The highest BCUT2D eigenvalue weighted by Crippen LogP contribution is 2.33. The van der Waals surface area contributed by atoms with E-state index in [1.54, 1.807) is 26.0 Å². The van der Waals surface area contributed by atoms with Gasteiger partial charge in [0.25, 0.3) is 0 Å². The van der Waals surface area contributed by atoms with E-state index in [4.69, 9.17) is 14.2 Å². The normalized spacial score (nSPS) is 17.0. The van der Waals surface area contributed by atoms with E-state index in [1.165, 1.54) is 5.56 Å². The fourth-order valence-electron chi connectivity index (χ4n) is 3.74. The number of amides is 3. The summed E-state index contributed by atoms with van der Waals surface area (Å²) in [6.07, 6.45) is 1.98. The topological polar surface area (TPSA) is 80.3 Å².